The molecule has 2 amide bonds. The van der Waals surface area contributed by atoms with Crippen LogP contribution in [0.5, 0.6) is 0 Å². The van der Waals surface area contributed by atoms with E-state index in [-0.39, 0.29) is 17.9 Å². The Kier molecular flexibility index (Phi) is 6.92. The number of thiazole rings is 1. The Balaban J connectivity index is 1.45. The molecule has 0 bridgehead atoms. The van der Waals surface area contributed by atoms with Crippen molar-refractivity contribution in [1.29, 1.82) is 0 Å². The van der Waals surface area contributed by atoms with E-state index in [0.29, 0.717) is 22.4 Å². The van der Waals surface area contributed by atoms with E-state index in [1.807, 2.05) is 37.4 Å². The van der Waals surface area contributed by atoms with Gasteiger partial charge in [-0.25, -0.2) is 4.98 Å². The van der Waals surface area contributed by atoms with E-state index in [1.165, 1.54) is 28.2 Å². The zero-order valence-electron chi connectivity index (χ0n) is 18.5. The average Bonchev–Trinajstić information content (AvgIpc) is 3.29. The lowest BCUT2D eigenvalue weighted by atomic mass is 10.1. The van der Waals surface area contributed by atoms with Gasteiger partial charge in [-0.15, -0.1) is 21.5 Å². The van der Waals surface area contributed by atoms with Gasteiger partial charge in [-0.05, 0) is 49.9 Å². The molecule has 32 heavy (non-hydrogen) atoms. The Morgan fingerprint density at radius 2 is 1.94 bits per heavy atom. The number of anilines is 3. The maximum Gasteiger partial charge on any atom is 0.230 e. The second kappa shape index (κ2) is 9.68. The summed E-state index contributed by atoms with van der Waals surface area (Å²) >= 11 is 4.44. The van der Waals surface area contributed by atoms with Crippen molar-refractivity contribution in [3.63, 3.8) is 0 Å². The number of thioether (sulfide) groups is 1. The van der Waals surface area contributed by atoms with Crippen molar-refractivity contribution in [2.45, 2.75) is 63.1 Å². The first-order valence-corrected chi connectivity index (χ1v) is 13.2. The molecule has 0 saturated heterocycles. The first-order valence-electron chi connectivity index (χ1n) is 10.5. The van der Waals surface area contributed by atoms with Crippen LogP contribution in [-0.4, -0.2) is 33.0 Å². The molecule has 0 unspecified atom stereocenters. The fourth-order valence-electron chi connectivity index (χ4n) is 3.22. The normalized spacial score (nSPS) is 13.2. The Bertz CT molecular complexity index is 1140. The smallest absolute Gasteiger partial charge is 0.230 e. The molecule has 1 saturated carbocycles. The summed E-state index contributed by atoms with van der Waals surface area (Å²) in [6.07, 6.45) is 2.53. The van der Waals surface area contributed by atoms with Crippen LogP contribution in [0.3, 0.4) is 0 Å². The summed E-state index contributed by atoms with van der Waals surface area (Å²) in [4.78, 5) is 32.8. The van der Waals surface area contributed by atoms with Crippen molar-refractivity contribution in [2.24, 2.45) is 0 Å². The second-order valence-electron chi connectivity index (χ2n) is 7.73. The van der Waals surface area contributed by atoms with Gasteiger partial charge in [0.2, 0.25) is 16.9 Å². The lowest BCUT2D eigenvalue weighted by Crippen LogP contribution is -2.32. The number of rotatable bonds is 8. The molecule has 1 aliphatic rings. The van der Waals surface area contributed by atoms with Gasteiger partial charge in [0.1, 0.15) is 0 Å². The highest BCUT2D eigenvalue weighted by Gasteiger charge is 2.35. The molecule has 3 aromatic rings. The van der Waals surface area contributed by atoms with Crippen molar-refractivity contribution in [1.82, 2.24) is 15.2 Å². The van der Waals surface area contributed by atoms with Crippen molar-refractivity contribution in [3.8, 4) is 0 Å². The van der Waals surface area contributed by atoms with E-state index >= 15 is 0 Å². The van der Waals surface area contributed by atoms with Crippen LogP contribution in [0.25, 0.3) is 0 Å². The van der Waals surface area contributed by atoms with Gasteiger partial charge < -0.3 is 0 Å². The van der Waals surface area contributed by atoms with Gasteiger partial charge in [0.15, 0.2) is 9.47 Å². The third-order valence-corrected chi connectivity index (χ3v) is 8.19. The standard InChI is InChI=1S/C22H25N5O2S3/c1-5-19(29)27(17-8-9-17)21-24-25-22(32-21)31-12-16-11-30-20(23-16)26(15(4)28)18-7-6-13(2)14(3)10-18/h6-7,10-11,17H,5,8-9,12H2,1-4H3. The SMILES string of the molecule is CCC(=O)N(c1nnc(SCc2csc(N(C(C)=O)c3ccc(C)c(C)c3)n2)s1)C1CC1. The molecule has 2 heterocycles. The lowest BCUT2D eigenvalue weighted by molar-refractivity contribution is -0.118. The molecule has 2 aromatic heterocycles. The van der Waals surface area contributed by atoms with Crippen molar-refractivity contribution < 1.29 is 9.59 Å². The summed E-state index contributed by atoms with van der Waals surface area (Å²) < 4.78 is 0.807. The van der Waals surface area contributed by atoms with E-state index in [1.54, 1.807) is 28.5 Å². The van der Waals surface area contributed by atoms with Crippen LogP contribution in [0.4, 0.5) is 16.0 Å². The van der Waals surface area contributed by atoms with Crippen LogP contribution < -0.4 is 9.80 Å². The Labute approximate surface area is 199 Å². The molecule has 168 valence electrons. The summed E-state index contributed by atoms with van der Waals surface area (Å²) in [5, 5.41) is 11.8. The predicted octanol–water partition coefficient (Wildman–Crippen LogP) is 5.49. The number of amides is 2. The van der Waals surface area contributed by atoms with Crippen LogP contribution in [0.2, 0.25) is 0 Å². The molecule has 1 aromatic carbocycles. The van der Waals surface area contributed by atoms with Gasteiger partial charge in [0.25, 0.3) is 0 Å². The van der Waals surface area contributed by atoms with Crippen LogP contribution in [-0.2, 0) is 15.3 Å². The summed E-state index contributed by atoms with van der Waals surface area (Å²) in [7, 11) is 0. The largest absolute Gasteiger partial charge is 0.284 e. The van der Waals surface area contributed by atoms with Crippen molar-refractivity contribution in [2.75, 3.05) is 9.80 Å². The first-order chi connectivity index (χ1) is 15.4. The monoisotopic (exact) mass is 487 g/mol. The van der Waals surface area contributed by atoms with Gasteiger partial charge in [0.05, 0.1) is 11.4 Å². The average molecular weight is 488 g/mol. The highest BCUT2D eigenvalue weighted by atomic mass is 32.2. The number of aryl methyl sites for hydroxylation is 2. The molecule has 1 fully saturated rings. The minimum atomic E-state index is -0.0728. The van der Waals surface area contributed by atoms with E-state index in [2.05, 4.69) is 17.1 Å². The maximum absolute atomic E-state index is 12.4. The van der Waals surface area contributed by atoms with Gasteiger partial charge in [-0.1, -0.05) is 36.1 Å². The predicted molar refractivity (Wildman–Crippen MR) is 131 cm³/mol. The van der Waals surface area contributed by atoms with Gasteiger partial charge in [-0.3, -0.25) is 19.4 Å². The van der Waals surface area contributed by atoms with Gasteiger partial charge >= 0.3 is 0 Å². The number of benzene rings is 1. The second-order valence-corrected chi connectivity index (χ2v) is 10.7. The Morgan fingerprint density at radius 3 is 2.59 bits per heavy atom. The zero-order valence-corrected chi connectivity index (χ0v) is 20.9. The van der Waals surface area contributed by atoms with Crippen LogP contribution in [0.15, 0.2) is 27.9 Å². The topological polar surface area (TPSA) is 79.3 Å². The van der Waals surface area contributed by atoms with E-state index in [4.69, 9.17) is 4.98 Å². The van der Waals surface area contributed by atoms with E-state index in [0.717, 1.165) is 34.1 Å². The molecule has 4 rings (SSSR count). The van der Waals surface area contributed by atoms with Gasteiger partial charge in [0, 0.05) is 30.5 Å². The van der Waals surface area contributed by atoms with Gasteiger partial charge in [-0.2, -0.15) is 0 Å². The number of aromatic nitrogens is 3. The van der Waals surface area contributed by atoms with E-state index < -0.39 is 0 Å². The molecular formula is C22H25N5O2S3. The third kappa shape index (κ3) is 5.02. The number of hydrogen-bond donors (Lipinski definition) is 0. The molecule has 10 heteroatoms. The van der Waals surface area contributed by atoms with E-state index in [9.17, 15) is 9.59 Å². The number of hydrogen-bond acceptors (Lipinski definition) is 8. The number of nitrogens with zero attached hydrogens (tertiary/aromatic N) is 5. The summed E-state index contributed by atoms with van der Waals surface area (Å²) in [5.74, 6) is 0.644. The molecule has 0 aliphatic heterocycles. The van der Waals surface area contributed by atoms with Crippen LogP contribution >= 0.6 is 34.4 Å². The molecular weight excluding hydrogens is 462 g/mol. The number of carbonyl (C=O) groups is 2. The Hall–Kier alpha value is -2.30. The Morgan fingerprint density at radius 1 is 1.16 bits per heavy atom. The molecule has 0 spiro atoms. The fraction of sp³-hybridized carbons (Fsp3) is 0.409. The summed E-state index contributed by atoms with van der Waals surface area (Å²) in [6, 6.07) is 6.26. The first kappa shape index (κ1) is 22.9. The summed E-state index contributed by atoms with van der Waals surface area (Å²) in [5.41, 5.74) is 4.02. The van der Waals surface area contributed by atoms with Crippen LogP contribution in [0.1, 0.15) is 49.9 Å². The minimum absolute atomic E-state index is 0.0728. The lowest BCUT2D eigenvalue weighted by Gasteiger charge is -2.19. The van der Waals surface area contributed by atoms with Crippen molar-refractivity contribution in [3.05, 3.63) is 40.4 Å². The third-order valence-electron chi connectivity index (χ3n) is 5.22. The minimum Gasteiger partial charge on any atom is -0.284 e. The molecule has 7 nitrogen and oxygen atoms in total. The van der Waals surface area contributed by atoms with Crippen LogP contribution in [0, 0.1) is 13.8 Å². The molecule has 0 atom stereocenters. The fourth-order valence-corrected chi connectivity index (χ4v) is 6.04. The molecule has 0 N–H and O–H groups in total. The summed E-state index contributed by atoms with van der Waals surface area (Å²) in [6.45, 7) is 7.51. The quantitative estimate of drug-likeness (QED) is 0.309. The maximum atomic E-state index is 12.4. The zero-order chi connectivity index (χ0) is 22.8. The number of carbonyl (C=O) groups excluding carboxylic acids is 2. The van der Waals surface area contributed by atoms with Crippen molar-refractivity contribution >= 4 is 62.2 Å². The highest BCUT2D eigenvalue weighted by molar-refractivity contribution is 8.00. The molecule has 1 aliphatic carbocycles. The molecule has 0 radical (unpaired) electrons. The highest BCUT2D eigenvalue weighted by Crippen LogP contribution is 2.37.